The second kappa shape index (κ2) is 8.55. The van der Waals surface area contributed by atoms with Gasteiger partial charge in [0.2, 0.25) is 5.91 Å². The first kappa shape index (κ1) is 20.1. The van der Waals surface area contributed by atoms with Gasteiger partial charge in [-0.1, -0.05) is 42.1 Å². The van der Waals surface area contributed by atoms with E-state index in [1.54, 1.807) is 17.0 Å². The quantitative estimate of drug-likeness (QED) is 0.684. The van der Waals surface area contributed by atoms with Crippen LogP contribution in [-0.4, -0.2) is 28.9 Å². The van der Waals surface area contributed by atoms with Crippen molar-refractivity contribution in [2.45, 2.75) is 29.7 Å². The number of halogens is 3. The summed E-state index contributed by atoms with van der Waals surface area (Å²) in [6, 6.07) is 9.57. The number of benzene rings is 2. The number of carbonyl (C=O) groups is 2. The molecule has 1 unspecified atom stereocenters. The Morgan fingerprint density at radius 3 is 2.54 bits per heavy atom. The van der Waals surface area contributed by atoms with Gasteiger partial charge in [-0.05, 0) is 12.0 Å². The number of hydrogen-bond acceptors (Lipinski definition) is 4. The lowest BCUT2D eigenvalue weighted by atomic mass is 10.1. The van der Waals surface area contributed by atoms with Crippen molar-refractivity contribution in [3.63, 3.8) is 0 Å². The monoisotopic (exact) mass is 410 g/mol. The van der Waals surface area contributed by atoms with Crippen LogP contribution in [0, 0.1) is 17.5 Å². The summed E-state index contributed by atoms with van der Waals surface area (Å²) in [4.78, 5) is 23.9. The van der Waals surface area contributed by atoms with E-state index in [9.17, 15) is 22.8 Å². The summed E-state index contributed by atoms with van der Waals surface area (Å²) in [5.41, 5.74) is 0.669. The zero-order chi connectivity index (χ0) is 20.3. The number of carbonyl (C=O) groups excluding carboxylic acids is 1. The summed E-state index contributed by atoms with van der Waals surface area (Å²) >= 11 is 1.03. The van der Waals surface area contributed by atoms with Crippen molar-refractivity contribution in [2.75, 3.05) is 11.4 Å². The SMILES string of the molecule is O=C(O)CNC(=O)CCC1Sc2c(F)cc(F)c(F)c2N1Cc1ccccc1. The molecule has 0 radical (unpaired) electrons. The minimum atomic E-state index is -1.27. The minimum Gasteiger partial charge on any atom is -0.480 e. The van der Waals surface area contributed by atoms with Crippen LogP contribution in [0.3, 0.4) is 0 Å². The van der Waals surface area contributed by atoms with Crippen LogP contribution in [0.15, 0.2) is 41.3 Å². The first-order valence-corrected chi connectivity index (χ1v) is 9.38. The fourth-order valence-electron chi connectivity index (χ4n) is 2.97. The second-order valence-corrected chi connectivity index (χ2v) is 7.42. The van der Waals surface area contributed by atoms with Gasteiger partial charge in [-0.15, -0.1) is 0 Å². The Labute approximate surface area is 163 Å². The summed E-state index contributed by atoms with van der Waals surface area (Å²) in [5, 5.41) is 10.4. The molecule has 0 aromatic heterocycles. The maximum absolute atomic E-state index is 14.5. The standard InChI is InChI=1S/C19H17F3N2O3S/c20-12-8-13(21)19-18(17(12)22)24(10-11-4-2-1-3-5-11)15(28-19)7-6-14(25)23-9-16(26)27/h1-5,8,15H,6-7,9-10H2,(H,23,25)(H,26,27). The van der Waals surface area contributed by atoms with Crippen molar-refractivity contribution in [3.8, 4) is 0 Å². The molecule has 1 atom stereocenters. The summed E-state index contributed by atoms with van der Waals surface area (Å²) in [7, 11) is 0. The summed E-state index contributed by atoms with van der Waals surface area (Å²) < 4.78 is 42.5. The van der Waals surface area contributed by atoms with Gasteiger partial charge in [-0.3, -0.25) is 9.59 Å². The molecule has 0 spiro atoms. The molecule has 0 aliphatic carbocycles. The molecular formula is C19H17F3N2O3S. The average Bonchev–Trinajstić information content (AvgIpc) is 3.02. The van der Waals surface area contributed by atoms with Crippen LogP contribution in [-0.2, 0) is 16.1 Å². The van der Waals surface area contributed by atoms with Crippen molar-refractivity contribution in [1.82, 2.24) is 5.32 Å². The van der Waals surface area contributed by atoms with Crippen molar-refractivity contribution in [3.05, 3.63) is 59.4 Å². The summed E-state index contributed by atoms with van der Waals surface area (Å²) in [5.74, 6) is -4.89. The largest absolute Gasteiger partial charge is 0.480 e. The van der Waals surface area contributed by atoms with E-state index < -0.39 is 41.2 Å². The molecule has 2 N–H and O–H groups in total. The van der Waals surface area contributed by atoms with Crippen molar-refractivity contribution >= 4 is 29.3 Å². The van der Waals surface area contributed by atoms with Crippen molar-refractivity contribution in [1.29, 1.82) is 0 Å². The van der Waals surface area contributed by atoms with E-state index in [0.29, 0.717) is 6.07 Å². The third kappa shape index (κ3) is 4.41. The summed E-state index contributed by atoms with van der Waals surface area (Å²) in [6.45, 7) is -0.291. The summed E-state index contributed by atoms with van der Waals surface area (Å²) in [6.07, 6.45) is 0.175. The highest BCUT2D eigenvalue weighted by molar-refractivity contribution is 8.00. The lowest BCUT2D eigenvalue weighted by Crippen LogP contribution is -2.33. The molecule has 0 saturated carbocycles. The van der Waals surface area contributed by atoms with Crippen LogP contribution in [0.25, 0.3) is 0 Å². The smallest absolute Gasteiger partial charge is 0.322 e. The normalized spacial score (nSPS) is 15.4. The Hall–Kier alpha value is -2.68. The number of thioether (sulfide) groups is 1. The number of rotatable bonds is 7. The molecule has 1 aliphatic heterocycles. The van der Waals surface area contributed by atoms with Crippen molar-refractivity contribution in [2.24, 2.45) is 0 Å². The molecule has 9 heteroatoms. The van der Waals surface area contributed by atoms with Gasteiger partial charge < -0.3 is 15.3 Å². The van der Waals surface area contributed by atoms with Crippen LogP contribution in [0.1, 0.15) is 18.4 Å². The Bertz CT molecular complexity index is 896. The number of anilines is 1. The molecule has 0 bridgehead atoms. The highest BCUT2D eigenvalue weighted by Crippen LogP contribution is 2.49. The van der Waals surface area contributed by atoms with Crippen LogP contribution in [0.2, 0.25) is 0 Å². The van der Waals surface area contributed by atoms with E-state index in [0.717, 1.165) is 17.3 Å². The van der Waals surface area contributed by atoms with Crippen LogP contribution in [0.4, 0.5) is 18.9 Å². The number of hydrogen-bond donors (Lipinski definition) is 2. The number of nitrogens with one attached hydrogen (secondary N) is 1. The van der Waals surface area contributed by atoms with Gasteiger partial charge in [0, 0.05) is 19.0 Å². The Balaban J connectivity index is 1.82. The third-order valence-corrected chi connectivity index (χ3v) is 5.63. The topological polar surface area (TPSA) is 69.6 Å². The van der Waals surface area contributed by atoms with E-state index in [1.807, 2.05) is 18.2 Å². The maximum atomic E-state index is 14.5. The van der Waals surface area contributed by atoms with Crippen molar-refractivity contribution < 1.29 is 27.9 Å². The second-order valence-electron chi connectivity index (χ2n) is 6.23. The Morgan fingerprint density at radius 2 is 1.86 bits per heavy atom. The van der Waals surface area contributed by atoms with E-state index >= 15 is 0 Å². The molecule has 5 nitrogen and oxygen atoms in total. The lowest BCUT2D eigenvalue weighted by Gasteiger charge is -2.27. The molecule has 1 heterocycles. The third-order valence-electron chi connectivity index (χ3n) is 4.24. The number of nitrogens with zero attached hydrogens (tertiary/aromatic N) is 1. The van der Waals surface area contributed by atoms with Gasteiger partial charge in [0.15, 0.2) is 11.6 Å². The zero-order valence-electron chi connectivity index (χ0n) is 14.6. The fourth-order valence-corrected chi connectivity index (χ4v) is 4.28. The lowest BCUT2D eigenvalue weighted by molar-refractivity contribution is -0.137. The van der Waals surface area contributed by atoms with Gasteiger partial charge in [0.1, 0.15) is 12.4 Å². The number of carboxylic acid groups (broad SMARTS) is 1. The first-order chi connectivity index (χ1) is 13.4. The number of fused-ring (bicyclic) bond motifs is 1. The molecule has 2 aromatic rings. The zero-order valence-corrected chi connectivity index (χ0v) is 15.4. The van der Waals surface area contributed by atoms with Gasteiger partial charge in [-0.25, -0.2) is 13.2 Å². The highest BCUT2D eigenvalue weighted by Gasteiger charge is 2.36. The molecule has 28 heavy (non-hydrogen) atoms. The fraction of sp³-hybridized carbons (Fsp3) is 0.263. The van der Waals surface area contributed by atoms with Gasteiger partial charge in [0.05, 0.1) is 16.0 Å². The predicted molar refractivity (Wildman–Crippen MR) is 98.5 cm³/mol. The molecule has 2 aromatic carbocycles. The van der Waals surface area contributed by atoms with E-state index in [-0.39, 0.29) is 30.0 Å². The van der Waals surface area contributed by atoms with Gasteiger partial charge >= 0.3 is 5.97 Å². The molecular weight excluding hydrogens is 393 g/mol. The number of carboxylic acids is 1. The molecule has 1 amide bonds. The van der Waals surface area contributed by atoms with Crippen LogP contribution in [0.5, 0.6) is 0 Å². The number of amides is 1. The van der Waals surface area contributed by atoms with E-state index in [2.05, 4.69) is 5.32 Å². The van der Waals surface area contributed by atoms with Crippen LogP contribution >= 0.6 is 11.8 Å². The van der Waals surface area contributed by atoms with Gasteiger partial charge in [-0.2, -0.15) is 0 Å². The molecule has 0 fully saturated rings. The number of aliphatic carboxylic acids is 1. The molecule has 3 rings (SSSR count). The average molecular weight is 410 g/mol. The molecule has 1 aliphatic rings. The van der Waals surface area contributed by atoms with Gasteiger partial charge in [0.25, 0.3) is 0 Å². The first-order valence-electron chi connectivity index (χ1n) is 8.50. The Kier molecular flexibility index (Phi) is 6.13. The Morgan fingerprint density at radius 1 is 1.14 bits per heavy atom. The molecule has 0 saturated heterocycles. The highest BCUT2D eigenvalue weighted by atomic mass is 32.2. The minimum absolute atomic E-state index is 0.00535. The van der Waals surface area contributed by atoms with E-state index in [4.69, 9.17) is 5.11 Å². The van der Waals surface area contributed by atoms with E-state index in [1.165, 1.54) is 0 Å². The van der Waals surface area contributed by atoms with Crippen LogP contribution < -0.4 is 10.2 Å². The predicted octanol–water partition coefficient (Wildman–Crippen LogP) is 3.52. The molecule has 148 valence electrons. The maximum Gasteiger partial charge on any atom is 0.322 e.